The zero-order chi connectivity index (χ0) is 48.9. The predicted octanol–water partition coefficient (Wildman–Crippen LogP) is 8.38. The molecule has 4 aromatic rings. The number of hydrogen-bond acceptors (Lipinski definition) is 14. The van der Waals surface area contributed by atoms with Crippen molar-refractivity contribution in [1.82, 2.24) is 35.0 Å². The van der Waals surface area contributed by atoms with Crippen LogP contribution in [0.5, 0.6) is 5.75 Å². The van der Waals surface area contributed by atoms with Crippen molar-refractivity contribution in [2.75, 3.05) is 86.9 Å². The van der Waals surface area contributed by atoms with Crippen molar-refractivity contribution in [1.29, 1.82) is 0 Å². The lowest BCUT2D eigenvalue weighted by atomic mass is 10.0. The average Bonchev–Trinajstić information content (AvgIpc) is 3.73. The summed E-state index contributed by atoms with van der Waals surface area (Å²) < 4.78 is 31.8. The van der Waals surface area contributed by atoms with Crippen LogP contribution in [0.15, 0.2) is 71.9 Å². The summed E-state index contributed by atoms with van der Waals surface area (Å²) in [4.78, 5) is 48.6. The molecule has 378 valence electrons. The van der Waals surface area contributed by atoms with Crippen molar-refractivity contribution < 1.29 is 22.7 Å². The van der Waals surface area contributed by atoms with Gasteiger partial charge in [0, 0.05) is 106 Å². The Morgan fingerprint density at radius 3 is 2.17 bits per heavy atom. The van der Waals surface area contributed by atoms with Crippen LogP contribution in [0.4, 0.5) is 34.6 Å². The van der Waals surface area contributed by atoms with Crippen LogP contribution < -0.4 is 30.9 Å². The van der Waals surface area contributed by atoms with Crippen molar-refractivity contribution in [3.63, 3.8) is 0 Å². The number of sulfone groups is 1. The molecule has 0 spiro atoms. The summed E-state index contributed by atoms with van der Waals surface area (Å²) in [6.45, 7) is 12.3. The van der Waals surface area contributed by atoms with E-state index in [-0.39, 0.29) is 22.7 Å². The predicted molar refractivity (Wildman–Crippen MR) is 278 cm³/mol. The number of piperidine rings is 2. The smallest absolute Gasteiger partial charge is 0.254 e. The Kier molecular flexibility index (Phi) is 17.8. The molecule has 1 aromatic heterocycles. The molecule has 1 atom stereocenters. The van der Waals surface area contributed by atoms with E-state index in [4.69, 9.17) is 4.74 Å². The summed E-state index contributed by atoms with van der Waals surface area (Å²) in [5, 5.41) is 12.8. The third-order valence-corrected chi connectivity index (χ3v) is 16.9. The molecule has 2 amide bonds. The summed E-state index contributed by atoms with van der Waals surface area (Å²) in [5.41, 5.74) is 5.34. The molecule has 5 heterocycles. The van der Waals surface area contributed by atoms with Gasteiger partial charge in [0.2, 0.25) is 17.8 Å². The molecule has 0 bridgehead atoms. The van der Waals surface area contributed by atoms with Gasteiger partial charge in [0.1, 0.15) is 12.1 Å². The minimum absolute atomic E-state index is 0.187. The molecule has 17 heteroatoms. The number of anilines is 6. The Morgan fingerprint density at radius 1 is 0.786 bits per heavy atom. The lowest BCUT2D eigenvalue weighted by Crippen LogP contribution is -2.54. The number of piperazine rings is 1. The van der Waals surface area contributed by atoms with E-state index in [1.54, 1.807) is 45.2 Å². The van der Waals surface area contributed by atoms with Gasteiger partial charge in [-0.3, -0.25) is 14.5 Å². The lowest BCUT2D eigenvalue weighted by Gasteiger charge is -2.43. The highest BCUT2D eigenvalue weighted by atomic mass is 32.2. The summed E-state index contributed by atoms with van der Waals surface area (Å²) in [7, 11) is -1.89. The van der Waals surface area contributed by atoms with Crippen LogP contribution >= 0.6 is 0 Å². The highest BCUT2D eigenvalue weighted by Crippen LogP contribution is 2.35. The standard InChI is InChI=1S/C53H75N11O5S/c1-39(2)70(67,68)49-21-13-12-19-47(49)59-53-57-38-56-52(60-53)58-46-24-23-41(35-48(46)69-3)61-29-25-40(26-30-61)62-31-33-63(34-32-62)50(65)22-11-9-7-5-4-6-8-10-14-28-55-45-20-15-18-43-44(45)37-64(51(43)66)42-17-16-27-54-36-42/h12-13,15,18-21,23-24,35,38-40,42,54-55H,4-11,14,16-17,22,25-34,36-37H2,1-3H3,(H2,56,57,58,59,60). The zero-order valence-electron chi connectivity index (χ0n) is 41.6. The highest BCUT2D eigenvalue weighted by molar-refractivity contribution is 7.92. The number of methoxy groups -OCH3 is 1. The Balaban J connectivity index is 0.671. The molecule has 0 saturated carbocycles. The van der Waals surface area contributed by atoms with Crippen LogP contribution in [-0.2, 0) is 21.2 Å². The van der Waals surface area contributed by atoms with Crippen LogP contribution in [-0.4, -0.2) is 133 Å². The summed E-state index contributed by atoms with van der Waals surface area (Å²) in [6.07, 6.45) is 17.1. The molecule has 3 aromatic carbocycles. The van der Waals surface area contributed by atoms with E-state index in [1.807, 2.05) is 24.3 Å². The quantitative estimate of drug-likeness (QED) is 0.0521. The number of fused-ring (bicyclic) bond motifs is 1. The highest BCUT2D eigenvalue weighted by Gasteiger charge is 2.35. The Hall–Kier alpha value is -5.52. The first-order chi connectivity index (χ1) is 34.1. The van der Waals surface area contributed by atoms with Crippen molar-refractivity contribution in [2.45, 2.75) is 133 Å². The molecule has 1 unspecified atom stereocenters. The van der Waals surface area contributed by atoms with E-state index in [1.165, 1.54) is 50.4 Å². The number of unbranched alkanes of at least 4 members (excludes halogenated alkanes) is 8. The molecule has 0 radical (unpaired) electrons. The van der Waals surface area contributed by atoms with Gasteiger partial charge in [-0.2, -0.15) is 4.98 Å². The molecule has 8 rings (SSSR count). The Morgan fingerprint density at radius 2 is 1.47 bits per heavy atom. The molecule has 3 saturated heterocycles. The fraction of sp³-hybridized carbons (Fsp3) is 0.566. The first-order valence-corrected chi connectivity index (χ1v) is 27.5. The number of hydrogen-bond donors (Lipinski definition) is 4. The van der Waals surface area contributed by atoms with E-state index in [9.17, 15) is 18.0 Å². The molecule has 16 nitrogen and oxygen atoms in total. The van der Waals surface area contributed by atoms with Crippen molar-refractivity contribution in [2.24, 2.45) is 0 Å². The molecule has 4 N–H and O–H groups in total. The molecule has 3 fully saturated rings. The molecular formula is C53H75N11O5S. The fourth-order valence-corrected chi connectivity index (χ4v) is 11.7. The van der Waals surface area contributed by atoms with E-state index in [2.05, 4.69) is 68.0 Å². The van der Waals surface area contributed by atoms with Crippen LogP contribution in [0.2, 0.25) is 0 Å². The fourth-order valence-electron chi connectivity index (χ4n) is 10.5. The van der Waals surface area contributed by atoms with Gasteiger partial charge in [0.15, 0.2) is 9.84 Å². The van der Waals surface area contributed by atoms with Gasteiger partial charge >= 0.3 is 0 Å². The van der Waals surface area contributed by atoms with Crippen LogP contribution in [0, 0.1) is 0 Å². The second-order valence-electron chi connectivity index (χ2n) is 19.6. The van der Waals surface area contributed by atoms with Crippen molar-refractivity contribution >= 4 is 56.3 Å². The number of rotatable bonds is 23. The van der Waals surface area contributed by atoms with E-state index in [0.717, 1.165) is 127 Å². The first-order valence-electron chi connectivity index (χ1n) is 26.0. The number of ether oxygens (including phenoxy) is 1. The summed E-state index contributed by atoms with van der Waals surface area (Å²) in [5.74, 6) is 1.66. The normalized spacial score (nSPS) is 18.0. The van der Waals surface area contributed by atoms with Crippen molar-refractivity contribution in [3.05, 3.63) is 78.1 Å². The van der Waals surface area contributed by atoms with E-state index >= 15 is 0 Å². The third-order valence-electron chi connectivity index (χ3n) is 14.7. The zero-order valence-corrected chi connectivity index (χ0v) is 42.4. The molecule has 70 heavy (non-hydrogen) atoms. The van der Waals surface area contributed by atoms with Crippen LogP contribution in [0.3, 0.4) is 0 Å². The van der Waals surface area contributed by atoms with Gasteiger partial charge < -0.3 is 40.7 Å². The Labute approximate surface area is 415 Å². The number of nitrogens with zero attached hydrogens (tertiary/aromatic N) is 7. The molecule has 4 aliphatic heterocycles. The topological polar surface area (TPSA) is 177 Å². The number of benzene rings is 3. The largest absolute Gasteiger partial charge is 0.494 e. The number of para-hydroxylation sites is 1. The van der Waals surface area contributed by atoms with E-state index < -0.39 is 15.1 Å². The maximum Gasteiger partial charge on any atom is 0.254 e. The molecule has 4 aliphatic rings. The van der Waals surface area contributed by atoms with Gasteiger partial charge in [-0.05, 0) is 95.3 Å². The van der Waals surface area contributed by atoms with Crippen LogP contribution in [0.25, 0.3) is 0 Å². The average molecular weight is 978 g/mol. The minimum Gasteiger partial charge on any atom is -0.494 e. The summed E-state index contributed by atoms with van der Waals surface area (Å²) >= 11 is 0. The number of carbonyl (C=O) groups is 2. The second kappa shape index (κ2) is 24.5. The Bertz CT molecular complexity index is 2470. The van der Waals surface area contributed by atoms with E-state index in [0.29, 0.717) is 41.5 Å². The van der Waals surface area contributed by atoms with Gasteiger partial charge in [-0.1, -0.05) is 63.1 Å². The van der Waals surface area contributed by atoms with Gasteiger partial charge in [-0.25, -0.2) is 18.4 Å². The number of nitrogens with one attached hydrogen (secondary N) is 4. The van der Waals surface area contributed by atoms with Gasteiger partial charge in [0.25, 0.3) is 5.91 Å². The number of carbonyl (C=O) groups excluding carboxylic acids is 2. The second-order valence-corrected chi connectivity index (χ2v) is 22.1. The van der Waals surface area contributed by atoms with Gasteiger partial charge in [0.05, 0.1) is 28.6 Å². The van der Waals surface area contributed by atoms with Crippen LogP contribution in [0.1, 0.15) is 120 Å². The monoisotopic (exact) mass is 978 g/mol. The lowest BCUT2D eigenvalue weighted by molar-refractivity contribution is -0.133. The first kappa shape index (κ1) is 50.9. The minimum atomic E-state index is -3.53. The van der Waals surface area contributed by atoms with Gasteiger partial charge in [-0.15, -0.1) is 0 Å². The SMILES string of the molecule is COc1cc(N2CCC(N3CCN(C(=O)CCCCCCCCCCCNc4cccc5c4CN(C4CCCNC4)C5=O)CC3)CC2)ccc1Nc1ncnc(Nc2ccccc2S(=O)(=O)C(C)C)n1. The molecular weight excluding hydrogens is 903 g/mol. The summed E-state index contributed by atoms with van der Waals surface area (Å²) in [6, 6.07) is 19.8. The number of aromatic nitrogens is 3. The maximum atomic E-state index is 13.1. The number of amides is 2. The van der Waals surface area contributed by atoms with Crippen molar-refractivity contribution in [3.8, 4) is 5.75 Å². The third kappa shape index (κ3) is 12.9. The molecule has 0 aliphatic carbocycles. The maximum absolute atomic E-state index is 13.1.